The van der Waals surface area contributed by atoms with E-state index in [2.05, 4.69) is 14.5 Å². The van der Waals surface area contributed by atoms with Crippen LogP contribution in [0, 0.1) is 0 Å². The lowest BCUT2D eigenvalue weighted by Gasteiger charge is -2.36. The standard InChI is InChI=1S/C19H25N3O2/c1-2-24-18-8-6-16(7-9-18)19(23)22-12-4-3-5-17(22)10-13-21-14-11-20-15-21/h6-9,11,14-15,17H,2-5,10,12-13H2,1H3. The third-order valence-electron chi connectivity index (χ3n) is 4.58. The summed E-state index contributed by atoms with van der Waals surface area (Å²) in [5, 5.41) is 0. The minimum absolute atomic E-state index is 0.133. The maximum Gasteiger partial charge on any atom is 0.254 e. The molecule has 5 heteroatoms. The fourth-order valence-electron chi connectivity index (χ4n) is 3.31. The number of benzene rings is 1. The molecule has 1 aliphatic rings. The molecule has 0 aliphatic carbocycles. The molecule has 1 fully saturated rings. The van der Waals surface area contributed by atoms with Gasteiger partial charge >= 0.3 is 0 Å². The molecule has 0 spiro atoms. The largest absolute Gasteiger partial charge is 0.494 e. The molecule has 0 bridgehead atoms. The number of imidazole rings is 1. The normalized spacial score (nSPS) is 17.7. The van der Waals surface area contributed by atoms with E-state index in [1.54, 1.807) is 6.20 Å². The number of piperidine rings is 1. The van der Waals surface area contributed by atoms with Crippen LogP contribution < -0.4 is 4.74 Å². The zero-order valence-electron chi connectivity index (χ0n) is 14.2. The van der Waals surface area contributed by atoms with Crippen molar-refractivity contribution in [3.8, 4) is 5.75 Å². The van der Waals surface area contributed by atoms with Gasteiger partial charge < -0.3 is 14.2 Å². The monoisotopic (exact) mass is 327 g/mol. The number of carbonyl (C=O) groups is 1. The van der Waals surface area contributed by atoms with Crippen molar-refractivity contribution >= 4 is 5.91 Å². The Kier molecular flexibility index (Phi) is 5.51. The maximum atomic E-state index is 12.9. The molecule has 2 heterocycles. The van der Waals surface area contributed by atoms with Gasteiger partial charge in [0.25, 0.3) is 5.91 Å². The lowest BCUT2D eigenvalue weighted by molar-refractivity contribution is 0.0595. The van der Waals surface area contributed by atoms with E-state index in [9.17, 15) is 4.79 Å². The van der Waals surface area contributed by atoms with Crippen molar-refractivity contribution in [2.24, 2.45) is 0 Å². The second-order valence-electron chi connectivity index (χ2n) is 6.19. The Morgan fingerprint density at radius 2 is 2.12 bits per heavy atom. The van der Waals surface area contributed by atoms with Gasteiger partial charge in [0.05, 0.1) is 12.9 Å². The van der Waals surface area contributed by atoms with Crippen LogP contribution in [0.25, 0.3) is 0 Å². The van der Waals surface area contributed by atoms with Crippen molar-refractivity contribution in [1.82, 2.24) is 14.5 Å². The molecule has 1 atom stereocenters. The van der Waals surface area contributed by atoms with Crippen LogP contribution in [0.1, 0.15) is 43.0 Å². The molecule has 1 saturated heterocycles. The first-order valence-electron chi connectivity index (χ1n) is 8.77. The summed E-state index contributed by atoms with van der Waals surface area (Å²) in [4.78, 5) is 19.0. The van der Waals surface area contributed by atoms with Crippen LogP contribution in [0.15, 0.2) is 43.0 Å². The number of nitrogens with zero attached hydrogens (tertiary/aromatic N) is 3. The quantitative estimate of drug-likeness (QED) is 0.817. The highest BCUT2D eigenvalue weighted by atomic mass is 16.5. The van der Waals surface area contributed by atoms with Gasteiger partial charge in [-0.1, -0.05) is 0 Å². The van der Waals surface area contributed by atoms with Crippen molar-refractivity contribution in [2.45, 2.75) is 45.2 Å². The van der Waals surface area contributed by atoms with Crippen LogP contribution in [-0.4, -0.2) is 39.6 Å². The maximum absolute atomic E-state index is 12.9. The molecule has 1 aromatic carbocycles. The van der Waals surface area contributed by atoms with Crippen molar-refractivity contribution in [1.29, 1.82) is 0 Å². The van der Waals surface area contributed by atoms with Crippen LogP contribution in [-0.2, 0) is 6.54 Å². The topological polar surface area (TPSA) is 47.4 Å². The number of aryl methyl sites for hydroxylation is 1. The number of likely N-dealkylation sites (tertiary alicyclic amines) is 1. The third-order valence-corrected chi connectivity index (χ3v) is 4.58. The summed E-state index contributed by atoms with van der Waals surface area (Å²) in [5.41, 5.74) is 0.744. The fraction of sp³-hybridized carbons (Fsp3) is 0.474. The molecular formula is C19H25N3O2. The first-order chi connectivity index (χ1) is 11.8. The Labute approximate surface area is 143 Å². The molecule has 128 valence electrons. The van der Waals surface area contributed by atoms with E-state index in [0.717, 1.165) is 43.7 Å². The molecule has 0 N–H and O–H groups in total. The van der Waals surface area contributed by atoms with Gasteiger partial charge in [0.2, 0.25) is 0 Å². The van der Waals surface area contributed by atoms with Crippen molar-refractivity contribution < 1.29 is 9.53 Å². The second kappa shape index (κ2) is 7.99. The Morgan fingerprint density at radius 3 is 2.83 bits per heavy atom. The SMILES string of the molecule is CCOc1ccc(C(=O)N2CCCCC2CCn2ccnc2)cc1. The second-order valence-corrected chi connectivity index (χ2v) is 6.19. The summed E-state index contributed by atoms with van der Waals surface area (Å²) in [5.74, 6) is 0.942. The predicted octanol–water partition coefficient (Wildman–Crippen LogP) is 3.37. The molecule has 1 unspecified atom stereocenters. The third kappa shape index (κ3) is 3.96. The van der Waals surface area contributed by atoms with E-state index in [1.807, 2.05) is 43.7 Å². The fourth-order valence-corrected chi connectivity index (χ4v) is 3.31. The van der Waals surface area contributed by atoms with E-state index in [-0.39, 0.29) is 5.91 Å². The van der Waals surface area contributed by atoms with Crippen LogP contribution in [0.2, 0.25) is 0 Å². The number of rotatable bonds is 6. The molecule has 0 saturated carbocycles. The van der Waals surface area contributed by atoms with Crippen molar-refractivity contribution in [3.05, 3.63) is 48.5 Å². The summed E-state index contributed by atoms with van der Waals surface area (Å²) >= 11 is 0. The van der Waals surface area contributed by atoms with E-state index in [1.165, 1.54) is 6.42 Å². The Hall–Kier alpha value is -2.30. The highest BCUT2D eigenvalue weighted by Gasteiger charge is 2.27. The molecule has 3 rings (SSSR count). The summed E-state index contributed by atoms with van der Waals surface area (Å²) in [6.45, 7) is 4.34. The van der Waals surface area contributed by atoms with Gasteiger partial charge in [-0.25, -0.2) is 4.98 Å². The molecule has 1 amide bonds. The molecule has 5 nitrogen and oxygen atoms in total. The highest BCUT2D eigenvalue weighted by molar-refractivity contribution is 5.94. The smallest absolute Gasteiger partial charge is 0.254 e. The first kappa shape index (κ1) is 16.6. The molecule has 0 radical (unpaired) electrons. The predicted molar refractivity (Wildman–Crippen MR) is 93.1 cm³/mol. The number of ether oxygens (including phenoxy) is 1. The van der Waals surface area contributed by atoms with Crippen LogP contribution in [0.4, 0.5) is 0 Å². The lowest BCUT2D eigenvalue weighted by Crippen LogP contribution is -2.44. The van der Waals surface area contributed by atoms with E-state index >= 15 is 0 Å². The van der Waals surface area contributed by atoms with Gasteiger partial charge in [-0.05, 0) is 56.9 Å². The van der Waals surface area contributed by atoms with Gasteiger partial charge in [-0.3, -0.25) is 4.79 Å². The summed E-state index contributed by atoms with van der Waals surface area (Å²) in [7, 11) is 0. The van der Waals surface area contributed by atoms with Gasteiger partial charge in [0.1, 0.15) is 5.75 Å². The summed E-state index contributed by atoms with van der Waals surface area (Å²) < 4.78 is 7.53. The molecule has 1 aromatic heterocycles. The minimum Gasteiger partial charge on any atom is -0.494 e. The van der Waals surface area contributed by atoms with E-state index < -0.39 is 0 Å². The first-order valence-corrected chi connectivity index (χ1v) is 8.77. The van der Waals surface area contributed by atoms with Gasteiger partial charge in [0, 0.05) is 37.1 Å². The van der Waals surface area contributed by atoms with Gasteiger partial charge in [-0.2, -0.15) is 0 Å². The van der Waals surface area contributed by atoms with Gasteiger partial charge in [-0.15, -0.1) is 0 Å². The highest BCUT2D eigenvalue weighted by Crippen LogP contribution is 2.23. The Bertz CT molecular complexity index is 637. The number of hydrogen-bond donors (Lipinski definition) is 0. The van der Waals surface area contributed by atoms with Crippen LogP contribution in [0.3, 0.4) is 0 Å². The Balaban J connectivity index is 1.66. The van der Waals surface area contributed by atoms with E-state index in [0.29, 0.717) is 12.6 Å². The molecular weight excluding hydrogens is 302 g/mol. The average Bonchev–Trinajstić information content (AvgIpc) is 3.14. The van der Waals surface area contributed by atoms with Crippen LogP contribution >= 0.6 is 0 Å². The molecule has 1 aliphatic heterocycles. The summed E-state index contributed by atoms with van der Waals surface area (Å²) in [6.07, 6.45) is 9.94. The van der Waals surface area contributed by atoms with Crippen LogP contribution in [0.5, 0.6) is 5.75 Å². The summed E-state index contributed by atoms with van der Waals surface area (Å²) in [6, 6.07) is 7.80. The number of carbonyl (C=O) groups excluding carboxylic acids is 1. The Morgan fingerprint density at radius 1 is 1.29 bits per heavy atom. The van der Waals surface area contributed by atoms with E-state index in [4.69, 9.17) is 4.74 Å². The van der Waals surface area contributed by atoms with Gasteiger partial charge in [0.15, 0.2) is 0 Å². The number of aromatic nitrogens is 2. The molecule has 2 aromatic rings. The number of amides is 1. The minimum atomic E-state index is 0.133. The zero-order valence-corrected chi connectivity index (χ0v) is 14.2. The van der Waals surface area contributed by atoms with Crippen molar-refractivity contribution in [3.63, 3.8) is 0 Å². The van der Waals surface area contributed by atoms with Crippen molar-refractivity contribution in [2.75, 3.05) is 13.2 Å². The molecule has 24 heavy (non-hydrogen) atoms. The number of hydrogen-bond acceptors (Lipinski definition) is 3. The zero-order chi connectivity index (χ0) is 16.8. The average molecular weight is 327 g/mol. The lowest BCUT2D eigenvalue weighted by atomic mass is 9.98.